The Morgan fingerprint density at radius 1 is 1.00 bits per heavy atom. The molecule has 0 radical (unpaired) electrons. The van der Waals surface area contributed by atoms with Crippen molar-refractivity contribution in [3.8, 4) is 28.4 Å². The summed E-state index contributed by atoms with van der Waals surface area (Å²) in [5.41, 5.74) is 7.56. The number of amides is 1. The van der Waals surface area contributed by atoms with E-state index in [4.69, 9.17) is 14.2 Å². The van der Waals surface area contributed by atoms with Crippen LogP contribution in [0.3, 0.4) is 0 Å². The Morgan fingerprint density at radius 3 is 2.55 bits per heavy atom. The largest absolute Gasteiger partial charge is 0.493 e. The molecule has 2 aliphatic rings. The number of ether oxygens (including phenoxy) is 3. The van der Waals surface area contributed by atoms with Gasteiger partial charge in [-0.15, -0.1) is 0 Å². The summed E-state index contributed by atoms with van der Waals surface area (Å²) in [4.78, 5) is 31.8. The third kappa shape index (κ3) is 4.24. The Bertz CT molecular complexity index is 1690. The van der Waals surface area contributed by atoms with Crippen LogP contribution in [-0.4, -0.2) is 38.8 Å². The number of hydrogen-bond acceptors (Lipinski definition) is 6. The van der Waals surface area contributed by atoms with E-state index in [1.165, 1.54) is 17.9 Å². The van der Waals surface area contributed by atoms with Gasteiger partial charge in [0.05, 0.1) is 39.6 Å². The number of aromatic amines is 1. The molecule has 0 bridgehead atoms. The Hall–Kier alpha value is -4.46. The lowest BCUT2D eigenvalue weighted by atomic mass is 9.95. The highest BCUT2D eigenvalue weighted by Crippen LogP contribution is 2.50. The van der Waals surface area contributed by atoms with Crippen molar-refractivity contribution < 1.29 is 19.0 Å². The summed E-state index contributed by atoms with van der Waals surface area (Å²) < 4.78 is 17.2. The third-order valence-corrected chi connectivity index (χ3v) is 8.12. The van der Waals surface area contributed by atoms with Gasteiger partial charge < -0.3 is 29.4 Å². The van der Waals surface area contributed by atoms with E-state index in [0.717, 1.165) is 46.4 Å². The molecule has 0 saturated carbocycles. The minimum atomic E-state index is -0.337. The molecule has 1 aromatic heterocycles. The summed E-state index contributed by atoms with van der Waals surface area (Å²) in [6.07, 6.45) is 2.13. The van der Waals surface area contributed by atoms with Gasteiger partial charge in [0, 0.05) is 35.6 Å². The summed E-state index contributed by atoms with van der Waals surface area (Å²) in [6.45, 7) is 2.86. The lowest BCUT2D eigenvalue weighted by Gasteiger charge is -2.28. The lowest BCUT2D eigenvalue weighted by molar-refractivity contribution is -0.119. The number of para-hydroxylation sites is 1. The van der Waals surface area contributed by atoms with Gasteiger partial charge in [0.2, 0.25) is 17.1 Å². The molecule has 206 valence electrons. The molecule has 40 heavy (non-hydrogen) atoms. The standard InChI is InChI=1S/C32H33N3O5/c1-18(36)33-25-11-9-19-15-29(38-2)31(39-3)32(40-4)30(19)22-10-12-27(28(37)16-23(22)25)35-14-13-21-20-7-5-6-8-24(20)34-26(21)17-35/h5-8,10,12,15-16,25,34H,9,11,13-14,17H2,1-4H3,(H,33,36). The van der Waals surface area contributed by atoms with E-state index in [1.54, 1.807) is 27.4 Å². The van der Waals surface area contributed by atoms with Gasteiger partial charge in [0.15, 0.2) is 11.5 Å². The zero-order valence-corrected chi connectivity index (χ0v) is 23.2. The maximum atomic E-state index is 13.9. The van der Waals surface area contributed by atoms with Crippen molar-refractivity contribution in [3.63, 3.8) is 0 Å². The first-order valence-corrected chi connectivity index (χ1v) is 13.5. The number of anilines is 1. The van der Waals surface area contributed by atoms with E-state index >= 15 is 0 Å². The fraction of sp³-hybridized carbons (Fsp3) is 0.312. The molecule has 1 aliphatic heterocycles. The number of nitrogens with one attached hydrogen (secondary N) is 2. The van der Waals surface area contributed by atoms with Gasteiger partial charge in [-0.25, -0.2) is 0 Å². The smallest absolute Gasteiger partial charge is 0.217 e. The highest BCUT2D eigenvalue weighted by Gasteiger charge is 2.30. The van der Waals surface area contributed by atoms with Gasteiger partial charge in [-0.2, -0.15) is 0 Å². The summed E-state index contributed by atoms with van der Waals surface area (Å²) in [6, 6.07) is 15.5. The number of carbonyl (C=O) groups excluding carboxylic acids is 1. The first-order chi connectivity index (χ1) is 19.4. The van der Waals surface area contributed by atoms with Gasteiger partial charge in [-0.1, -0.05) is 24.3 Å². The number of aromatic nitrogens is 1. The van der Waals surface area contributed by atoms with Crippen LogP contribution in [-0.2, 0) is 24.2 Å². The van der Waals surface area contributed by atoms with Crippen LogP contribution in [0.1, 0.15) is 41.8 Å². The van der Waals surface area contributed by atoms with Gasteiger partial charge in [0.1, 0.15) is 0 Å². The normalized spacial score (nSPS) is 15.9. The maximum absolute atomic E-state index is 13.9. The number of H-pyrrole nitrogens is 1. The molecule has 3 aromatic carbocycles. The van der Waals surface area contributed by atoms with Crippen LogP contribution in [0.5, 0.6) is 17.2 Å². The van der Waals surface area contributed by atoms with E-state index < -0.39 is 0 Å². The van der Waals surface area contributed by atoms with Gasteiger partial charge in [0.25, 0.3) is 0 Å². The maximum Gasteiger partial charge on any atom is 0.217 e. The van der Waals surface area contributed by atoms with Gasteiger partial charge in [-0.05, 0) is 65.8 Å². The quantitative estimate of drug-likeness (QED) is 0.375. The van der Waals surface area contributed by atoms with Crippen LogP contribution in [0.2, 0.25) is 0 Å². The number of hydrogen-bond donors (Lipinski definition) is 2. The SMILES string of the molecule is COc1cc2c(c(OC)c1OC)-c1ccc(N3CCc4c([nH]c5ccccc45)C3)c(=O)cc1C(NC(C)=O)CC2. The Labute approximate surface area is 232 Å². The van der Waals surface area contributed by atoms with Crippen LogP contribution >= 0.6 is 0 Å². The summed E-state index contributed by atoms with van der Waals surface area (Å²) >= 11 is 0. The Morgan fingerprint density at radius 2 is 1.80 bits per heavy atom. The molecule has 8 heteroatoms. The number of aryl methyl sites for hydroxylation is 1. The topological polar surface area (TPSA) is 92.9 Å². The lowest BCUT2D eigenvalue weighted by Crippen LogP contribution is -2.33. The predicted molar refractivity (Wildman–Crippen MR) is 156 cm³/mol. The number of methoxy groups -OCH3 is 3. The molecule has 2 N–H and O–H groups in total. The molecule has 2 heterocycles. The Balaban J connectivity index is 1.52. The van der Waals surface area contributed by atoms with Crippen molar-refractivity contribution in [2.45, 2.75) is 38.8 Å². The zero-order chi connectivity index (χ0) is 28.0. The first-order valence-electron chi connectivity index (χ1n) is 13.5. The van der Waals surface area contributed by atoms with E-state index in [2.05, 4.69) is 33.4 Å². The summed E-state index contributed by atoms with van der Waals surface area (Å²) in [7, 11) is 4.78. The number of benzene rings is 2. The van der Waals surface area contributed by atoms with Crippen molar-refractivity contribution in [1.29, 1.82) is 0 Å². The monoisotopic (exact) mass is 539 g/mol. The van der Waals surface area contributed by atoms with Crippen molar-refractivity contribution in [2.24, 2.45) is 0 Å². The molecule has 0 fully saturated rings. The van der Waals surface area contributed by atoms with Crippen molar-refractivity contribution in [3.05, 3.63) is 81.1 Å². The Kier molecular flexibility index (Phi) is 6.62. The van der Waals surface area contributed by atoms with Crippen molar-refractivity contribution >= 4 is 22.5 Å². The molecule has 4 aromatic rings. The molecule has 0 saturated heterocycles. The molecule has 6 rings (SSSR count). The molecule has 0 spiro atoms. The fourth-order valence-corrected chi connectivity index (χ4v) is 6.36. The second kappa shape index (κ2) is 10.3. The van der Waals surface area contributed by atoms with Crippen molar-refractivity contribution in [2.75, 3.05) is 32.8 Å². The van der Waals surface area contributed by atoms with E-state index in [1.807, 2.05) is 24.3 Å². The summed E-state index contributed by atoms with van der Waals surface area (Å²) in [5.74, 6) is 1.46. The average molecular weight is 540 g/mol. The number of carbonyl (C=O) groups is 1. The molecule has 1 amide bonds. The van der Waals surface area contributed by atoms with Crippen LogP contribution in [0.25, 0.3) is 22.0 Å². The highest BCUT2D eigenvalue weighted by atomic mass is 16.5. The number of rotatable bonds is 5. The van der Waals surface area contributed by atoms with E-state index in [0.29, 0.717) is 42.3 Å². The van der Waals surface area contributed by atoms with Gasteiger partial charge >= 0.3 is 0 Å². The van der Waals surface area contributed by atoms with Crippen LogP contribution < -0.4 is 29.9 Å². The van der Waals surface area contributed by atoms with Crippen LogP contribution in [0.4, 0.5) is 5.69 Å². The van der Waals surface area contributed by atoms with Gasteiger partial charge in [-0.3, -0.25) is 9.59 Å². The zero-order valence-electron chi connectivity index (χ0n) is 23.2. The average Bonchev–Trinajstić information content (AvgIpc) is 3.16. The van der Waals surface area contributed by atoms with E-state index in [9.17, 15) is 9.59 Å². The second-order valence-corrected chi connectivity index (χ2v) is 10.4. The van der Waals surface area contributed by atoms with Crippen LogP contribution in [0, 0.1) is 0 Å². The summed E-state index contributed by atoms with van der Waals surface area (Å²) in [5, 5.41) is 4.32. The predicted octanol–water partition coefficient (Wildman–Crippen LogP) is 4.91. The minimum Gasteiger partial charge on any atom is -0.493 e. The molecule has 8 nitrogen and oxygen atoms in total. The van der Waals surface area contributed by atoms with E-state index in [-0.39, 0.29) is 17.4 Å². The molecule has 1 aliphatic carbocycles. The number of fused-ring (bicyclic) bond motifs is 6. The second-order valence-electron chi connectivity index (χ2n) is 10.4. The molecule has 1 unspecified atom stereocenters. The fourth-order valence-electron chi connectivity index (χ4n) is 6.36. The number of nitrogens with zero attached hydrogens (tertiary/aromatic N) is 1. The molecular weight excluding hydrogens is 506 g/mol. The first kappa shape index (κ1) is 25.8. The molecular formula is C32H33N3O5. The minimum absolute atomic E-state index is 0.0842. The van der Waals surface area contributed by atoms with Crippen molar-refractivity contribution in [1.82, 2.24) is 10.3 Å². The third-order valence-electron chi connectivity index (χ3n) is 8.12. The highest BCUT2D eigenvalue weighted by molar-refractivity contribution is 5.86. The van der Waals surface area contributed by atoms with Crippen LogP contribution in [0.15, 0.2) is 53.3 Å². The molecule has 1 atom stereocenters.